The van der Waals surface area contributed by atoms with E-state index in [2.05, 4.69) is 21.5 Å². The molecule has 9 nitrogen and oxygen atoms in total. The third-order valence-electron chi connectivity index (χ3n) is 7.82. The third-order valence-corrected chi connectivity index (χ3v) is 9.00. The average molecular weight is 603 g/mol. The van der Waals surface area contributed by atoms with Crippen molar-refractivity contribution in [2.45, 2.75) is 50.0 Å². The van der Waals surface area contributed by atoms with Crippen LogP contribution in [0.3, 0.4) is 0 Å². The van der Waals surface area contributed by atoms with Crippen molar-refractivity contribution in [1.82, 2.24) is 24.4 Å². The highest BCUT2D eigenvalue weighted by molar-refractivity contribution is 7.99. The summed E-state index contributed by atoms with van der Waals surface area (Å²) in [5, 5.41) is 0.152. The van der Waals surface area contributed by atoms with Crippen molar-refractivity contribution in [3.05, 3.63) is 63.2 Å². The number of piperazine rings is 1. The number of benzene rings is 2. The summed E-state index contributed by atoms with van der Waals surface area (Å²) in [6.45, 7) is 7.93. The van der Waals surface area contributed by atoms with Gasteiger partial charge in [0.1, 0.15) is 17.2 Å². The van der Waals surface area contributed by atoms with E-state index >= 15 is 0 Å². The van der Waals surface area contributed by atoms with Crippen molar-refractivity contribution in [3.63, 3.8) is 0 Å². The molecular weight excluding hydrogens is 576 g/mol. The van der Waals surface area contributed by atoms with E-state index in [1.165, 1.54) is 28.5 Å². The highest BCUT2D eigenvalue weighted by Crippen LogP contribution is 2.49. The number of nitrogens with zero attached hydrogens (tertiary/aromatic N) is 4. The van der Waals surface area contributed by atoms with Crippen LogP contribution in [0.2, 0.25) is 0 Å². The molecule has 6 rings (SSSR count). The van der Waals surface area contributed by atoms with E-state index in [4.69, 9.17) is 0 Å². The minimum absolute atomic E-state index is 0.0143. The Morgan fingerprint density at radius 3 is 2.50 bits per heavy atom. The molecule has 2 atom stereocenters. The number of hydrogen-bond acceptors (Lipinski definition) is 6. The van der Waals surface area contributed by atoms with Crippen molar-refractivity contribution >= 4 is 45.4 Å². The Kier molecular flexibility index (Phi) is 6.71. The molecule has 4 heterocycles. The van der Waals surface area contributed by atoms with Gasteiger partial charge in [0.25, 0.3) is 0 Å². The van der Waals surface area contributed by atoms with Crippen molar-refractivity contribution < 1.29 is 22.4 Å². The van der Waals surface area contributed by atoms with E-state index in [-0.39, 0.29) is 75.9 Å². The van der Waals surface area contributed by atoms with Gasteiger partial charge in [-0.3, -0.25) is 9.36 Å². The maximum absolute atomic E-state index is 14.9. The smallest absolute Gasteiger partial charge is 0.352 e. The number of carbonyl (C=O) groups is 1. The van der Waals surface area contributed by atoms with Gasteiger partial charge < -0.3 is 19.8 Å². The fourth-order valence-electron chi connectivity index (χ4n) is 6.20. The van der Waals surface area contributed by atoms with Crippen molar-refractivity contribution in [3.8, 4) is 11.1 Å². The molecule has 2 aromatic carbocycles. The van der Waals surface area contributed by atoms with Gasteiger partial charge in [-0.15, -0.1) is 11.8 Å². The number of hydrogen-bond donors (Lipinski definition) is 2. The van der Waals surface area contributed by atoms with Crippen molar-refractivity contribution in [2.75, 3.05) is 23.7 Å². The van der Waals surface area contributed by atoms with Gasteiger partial charge in [-0.25, -0.2) is 14.0 Å². The zero-order valence-electron chi connectivity index (χ0n) is 22.6. The number of amides is 1. The molecule has 1 fully saturated rings. The molecule has 14 heteroatoms. The van der Waals surface area contributed by atoms with Crippen LogP contribution in [0.4, 0.5) is 23.4 Å². The Bertz CT molecular complexity index is 1880. The molecule has 2 N–H and O–H groups in total. The lowest BCUT2D eigenvalue weighted by Gasteiger charge is -2.44. The fourth-order valence-corrected chi connectivity index (χ4v) is 7.40. The van der Waals surface area contributed by atoms with Crippen LogP contribution in [0.25, 0.3) is 33.1 Å². The Morgan fingerprint density at radius 1 is 1.14 bits per heavy atom. The molecule has 2 unspecified atom stereocenters. The summed E-state index contributed by atoms with van der Waals surface area (Å²) in [5.41, 5.74) is -2.64. The number of aromatic amines is 2. The van der Waals surface area contributed by atoms with Crippen LogP contribution in [0.1, 0.15) is 25.8 Å². The first-order valence-corrected chi connectivity index (χ1v) is 14.3. The topological polar surface area (TPSA) is 107 Å². The summed E-state index contributed by atoms with van der Waals surface area (Å²) in [6.07, 6.45) is -3.12. The molecule has 0 spiro atoms. The SMILES string of the molecule is C=CC(=O)N1C(C)CN(c2nc(=O)n3c4c(c(-c5ccc(F)c6[nH]c(=O)[nH]c56)c(C(F)(F)F)cc24)SCCC3)CC1C. The van der Waals surface area contributed by atoms with E-state index in [1.54, 1.807) is 9.80 Å². The molecule has 2 aromatic heterocycles. The fraction of sp³-hybridized carbons (Fsp3) is 0.357. The molecule has 0 aliphatic carbocycles. The second kappa shape index (κ2) is 10.0. The number of aryl methyl sites for hydroxylation is 1. The molecule has 2 aliphatic rings. The average Bonchev–Trinajstić information content (AvgIpc) is 3.18. The number of thioether (sulfide) groups is 1. The van der Waals surface area contributed by atoms with Crippen LogP contribution < -0.4 is 16.3 Å². The largest absolute Gasteiger partial charge is 0.417 e. The number of nitrogens with one attached hydrogen (secondary N) is 2. The molecule has 1 saturated heterocycles. The van der Waals surface area contributed by atoms with Crippen LogP contribution in [0.5, 0.6) is 0 Å². The molecule has 4 aromatic rings. The maximum atomic E-state index is 14.9. The standard InChI is InChI=1S/C28H26F4N6O3S/c1-4-19(39)38-13(2)11-36(12-14(38)3)25-16-10-17(28(30,31)32)20(15-6-7-18(29)22-21(15)33-26(40)34-22)24-23(16)37(27(41)35-25)8-5-9-42-24/h4,6-7,10,13-14H,1,5,8-9,11-12H2,2-3H3,(H2,33,34,40). The molecule has 0 bridgehead atoms. The zero-order chi connectivity index (χ0) is 30.1. The molecule has 1 amide bonds. The molecule has 220 valence electrons. The number of anilines is 1. The summed E-state index contributed by atoms with van der Waals surface area (Å²) in [7, 11) is 0. The molecule has 2 aliphatic heterocycles. The Morgan fingerprint density at radius 2 is 1.83 bits per heavy atom. The van der Waals surface area contributed by atoms with Gasteiger partial charge in [-0.1, -0.05) is 6.58 Å². The van der Waals surface area contributed by atoms with Crippen LogP contribution >= 0.6 is 11.8 Å². The molecule has 0 radical (unpaired) electrons. The summed E-state index contributed by atoms with van der Waals surface area (Å²) in [4.78, 5) is 50.7. The summed E-state index contributed by atoms with van der Waals surface area (Å²) in [5.74, 6) is -0.522. The summed E-state index contributed by atoms with van der Waals surface area (Å²) < 4.78 is 60.7. The van der Waals surface area contributed by atoms with E-state index in [0.717, 1.165) is 12.1 Å². The molecular formula is C28H26F4N6O3S. The maximum Gasteiger partial charge on any atom is 0.417 e. The van der Waals surface area contributed by atoms with Crippen LogP contribution in [-0.2, 0) is 17.5 Å². The van der Waals surface area contributed by atoms with Gasteiger partial charge in [-0.2, -0.15) is 18.2 Å². The number of carbonyl (C=O) groups excluding carboxylic acids is 1. The Hall–Kier alpha value is -4.07. The van der Waals surface area contributed by atoms with E-state index in [1.807, 2.05) is 13.8 Å². The van der Waals surface area contributed by atoms with Crippen molar-refractivity contribution in [1.29, 1.82) is 0 Å². The van der Waals surface area contributed by atoms with Gasteiger partial charge in [0.15, 0.2) is 0 Å². The van der Waals surface area contributed by atoms with E-state index in [0.29, 0.717) is 17.7 Å². The van der Waals surface area contributed by atoms with Crippen LogP contribution in [0, 0.1) is 5.82 Å². The number of H-pyrrole nitrogens is 2. The Labute approximate surface area is 240 Å². The summed E-state index contributed by atoms with van der Waals surface area (Å²) >= 11 is 1.18. The number of aromatic nitrogens is 4. The number of alkyl halides is 3. The first-order valence-electron chi connectivity index (χ1n) is 13.3. The van der Waals surface area contributed by atoms with Gasteiger partial charge >= 0.3 is 17.6 Å². The van der Waals surface area contributed by atoms with E-state index in [9.17, 15) is 31.9 Å². The van der Waals surface area contributed by atoms with E-state index < -0.39 is 28.9 Å². The normalized spacial score (nSPS) is 19.4. The first kappa shape index (κ1) is 28.1. The molecule has 0 saturated carbocycles. The first-order chi connectivity index (χ1) is 19.9. The number of imidazole rings is 1. The van der Waals surface area contributed by atoms with Gasteiger partial charge in [0, 0.05) is 53.1 Å². The highest BCUT2D eigenvalue weighted by atomic mass is 32.2. The summed E-state index contributed by atoms with van der Waals surface area (Å²) in [6, 6.07) is 2.56. The van der Waals surface area contributed by atoms with Gasteiger partial charge in [-0.05, 0) is 50.3 Å². The number of rotatable bonds is 3. The lowest BCUT2D eigenvalue weighted by Crippen LogP contribution is -2.58. The zero-order valence-corrected chi connectivity index (χ0v) is 23.5. The lowest BCUT2D eigenvalue weighted by molar-refractivity contribution is -0.137. The number of fused-ring (bicyclic) bond motifs is 1. The van der Waals surface area contributed by atoms with Gasteiger partial charge in [0.2, 0.25) is 5.91 Å². The minimum Gasteiger partial charge on any atom is -0.352 e. The predicted octanol–water partition coefficient (Wildman–Crippen LogP) is 4.50. The van der Waals surface area contributed by atoms with Gasteiger partial charge in [0.05, 0.1) is 16.6 Å². The lowest BCUT2D eigenvalue weighted by atomic mass is 9.95. The Balaban J connectivity index is 1.68. The quantitative estimate of drug-likeness (QED) is 0.264. The third kappa shape index (κ3) is 4.39. The van der Waals surface area contributed by atoms with Crippen LogP contribution in [-0.4, -0.2) is 61.3 Å². The predicted molar refractivity (Wildman–Crippen MR) is 152 cm³/mol. The second-order valence-electron chi connectivity index (χ2n) is 10.6. The van der Waals surface area contributed by atoms with Crippen LogP contribution in [0.15, 0.2) is 45.3 Å². The highest BCUT2D eigenvalue weighted by Gasteiger charge is 2.39. The van der Waals surface area contributed by atoms with Crippen molar-refractivity contribution in [2.24, 2.45) is 0 Å². The minimum atomic E-state index is -4.85. The second-order valence-corrected chi connectivity index (χ2v) is 11.7. The molecule has 42 heavy (non-hydrogen) atoms. The monoisotopic (exact) mass is 602 g/mol. The number of halogens is 4.